The Morgan fingerprint density at radius 2 is 1.69 bits per heavy atom. The minimum Gasteiger partial charge on any atom is -0.353 e. The zero-order valence-electron chi connectivity index (χ0n) is 11.2. The molecule has 0 bridgehead atoms. The summed E-state index contributed by atoms with van der Waals surface area (Å²) in [5.74, 6) is 0.913. The first kappa shape index (κ1) is 18.1. The van der Waals surface area contributed by atoms with Crippen LogP contribution in [0.5, 0.6) is 0 Å². The monoisotopic (exact) mass is 250 g/mol. The fourth-order valence-electron chi connectivity index (χ4n) is 1.44. The summed E-state index contributed by atoms with van der Waals surface area (Å²) in [6.07, 6.45) is 2.23. The van der Waals surface area contributed by atoms with E-state index in [-0.39, 0.29) is 24.2 Å². The highest BCUT2D eigenvalue weighted by molar-refractivity contribution is 5.85. The molecule has 0 aromatic heterocycles. The summed E-state index contributed by atoms with van der Waals surface area (Å²) in [5.41, 5.74) is 0. The van der Waals surface area contributed by atoms with Crippen LogP contribution >= 0.6 is 12.4 Å². The summed E-state index contributed by atoms with van der Waals surface area (Å²) in [4.78, 5) is 11.6. The summed E-state index contributed by atoms with van der Waals surface area (Å²) in [7, 11) is 1.87. The van der Waals surface area contributed by atoms with Crippen LogP contribution in [0.1, 0.15) is 40.5 Å². The molecule has 0 heterocycles. The van der Waals surface area contributed by atoms with Crippen LogP contribution in [0.4, 0.5) is 0 Å². The van der Waals surface area contributed by atoms with E-state index >= 15 is 0 Å². The molecule has 2 unspecified atom stereocenters. The Morgan fingerprint density at radius 3 is 2.12 bits per heavy atom. The topological polar surface area (TPSA) is 41.1 Å². The average Bonchev–Trinajstić information content (AvgIpc) is 2.15. The van der Waals surface area contributed by atoms with Crippen LogP contribution in [-0.4, -0.2) is 25.5 Å². The van der Waals surface area contributed by atoms with Crippen molar-refractivity contribution in [1.29, 1.82) is 0 Å². The van der Waals surface area contributed by atoms with E-state index in [1.165, 1.54) is 6.42 Å². The maximum atomic E-state index is 11.6. The number of carbonyl (C=O) groups excluding carboxylic acids is 1. The normalized spacial score (nSPS) is 14.1. The zero-order chi connectivity index (χ0) is 11.8. The molecule has 0 radical (unpaired) electrons. The Kier molecular flexibility index (Phi) is 11.2. The van der Waals surface area contributed by atoms with Crippen molar-refractivity contribution in [3.05, 3.63) is 0 Å². The van der Waals surface area contributed by atoms with Gasteiger partial charge in [-0.2, -0.15) is 0 Å². The Bertz CT molecular complexity index is 186. The predicted octanol–water partition coefficient (Wildman–Crippen LogP) is 2.20. The second-order valence-corrected chi connectivity index (χ2v) is 4.84. The molecule has 0 saturated carbocycles. The molecule has 16 heavy (non-hydrogen) atoms. The maximum absolute atomic E-state index is 11.6. The molecule has 2 atom stereocenters. The minimum absolute atomic E-state index is 0. The van der Waals surface area contributed by atoms with Crippen LogP contribution in [0.3, 0.4) is 0 Å². The summed E-state index contributed by atoms with van der Waals surface area (Å²) < 4.78 is 0. The van der Waals surface area contributed by atoms with Gasteiger partial charge in [0.1, 0.15) is 0 Å². The highest BCUT2D eigenvalue weighted by atomic mass is 35.5. The lowest BCUT2D eigenvalue weighted by molar-refractivity contribution is -0.125. The maximum Gasteiger partial charge on any atom is 0.224 e. The highest BCUT2D eigenvalue weighted by Gasteiger charge is 2.14. The molecule has 0 fully saturated rings. The molecule has 0 aromatic rings. The van der Waals surface area contributed by atoms with Crippen molar-refractivity contribution < 1.29 is 4.79 Å². The van der Waals surface area contributed by atoms with Gasteiger partial charge in [-0.3, -0.25) is 4.79 Å². The molecule has 0 aliphatic rings. The van der Waals surface area contributed by atoms with Crippen LogP contribution in [0.2, 0.25) is 0 Å². The Labute approximate surface area is 106 Å². The van der Waals surface area contributed by atoms with Crippen molar-refractivity contribution in [2.45, 2.75) is 46.6 Å². The minimum atomic E-state index is 0. The Morgan fingerprint density at radius 1 is 1.12 bits per heavy atom. The van der Waals surface area contributed by atoms with E-state index in [0.29, 0.717) is 12.0 Å². The van der Waals surface area contributed by atoms with E-state index in [9.17, 15) is 4.79 Å². The number of halogens is 1. The first-order chi connectivity index (χ1) is 6.97. The third-order valence-corrected chi connectivity index (χ3v) is 2.52. The van der Waals surface area contributed by atoms with Gasteiger partial charge in [0.25, 0.3) is 0 Å². The first-order valence-electron chi connectivity index (χ1n) is 5.92. The van der Waals surface area contributed by atoms with Crippen molar-refractivity contribution in [1.82, 2.24) is 10.6 Å². The molecular weight excluding hydrogens is 224 g/mol. The van der Waals surface area contributed by atoms with E-state index in [4.69, 9.17) is 0 Å². The van der Waals surface area contributed by atoms with Crippen molar-refractivity contribution in [3.8, 4) is 0 Å². The number of rotatable bonds is 7. The highest BCUT2D eigenvalue weighted by Crippen LogP contribution is 2.06. The van der Waals surface area contributed by atoms with Gasteiger partial charge in [-0.1, -0.05) is 20.8 Å². The number of amides is 1. The molecule has 98 valence electrons. The lowest BCUT2D eigenvalue weighted by atomic mass is 10.0. The van der Waals surface area contributed by atoms with Gasteiger partial charge in [0.05, 0.1) is 0 Å². The van der Waals surface area contributed by atoms with Crippen molar-refractivity contribution in [3.63, 3.8) is 0 Å². The van der Waals surface area contributed by atoms with Gasteiger partial charge in [-0.05, 0) is 32.7 Å². The number of nitrogens with one attached hydrogen (secondary N) is 2. The second kappa shape index (κ2) is 9.91. The van der Waals surface area contributed by atoms with Gasteiger partial charge in [0, 0.05) is 18.5 Å². The molecule has 0 rings (SSSR count). The van der Waals surface area contributed by atoms with Gasteiger partial charge in [0.15, 0.2) is 0 Å². The molecule has 4 heteroatoms. The Balaban J connectivity index is 0. The summed E-state index contributed by atoms with van der Waals surface area (Å²) in [5, 5.41) is 6.05. The fraction of sp³-hybridized carbons (Fsp3) is 0.917. The molecule has 2 N–H and O–H groups in total. The summed E-state index contributed by atoms with van der Waals surface area (Å²) >= 11 is 0. The Hall–Kier alpha value is -0.280. The second-order valence-electron chi connectivity index (χ2n) is 4.84. The summed E-state index contributed by atoms with van der Waals surface area (Å²) in [6, 6.07) is 0.291. The van der Waals surface area contributed by atoms with Crippen molar-refractivity contribution >= 4 is 18.3 Å². The van der Waals surface area contributed by atoms with Gasteiger partial charge < -0.3 is 10.6 Å². The van der Waals surface area contributed by atoms with Crippen molar-refractivity contribution in [2.24, 2.45) is 11.8 Å². The SMILES string of the molecule is CNCC(C)C(=O)NC(C)CCC(C)C.Cl. The van der Waals surface area contributed by atoms with Crippen molar-refractivity contribution in [2.75, 3.05) is 13.6 Å². The predicted molar refractivity (Wildman–Crippen MR) is 72.0 cm³/mol. The number of hydrogen-bond donors (Lipinski definition) is 2. The lowest BCUT2D eigenvalue weighted by Gasteiger charge is -2.18. The number of hydrogen-bond acceptors (Lipinski definition) is 2. The third-order valence-electron chi connectivity index (χ3n) is 2.52. The smallest absolute Gasteiger partial charge is 0.224 e. The average molecular weight is 251 g/mol. The molecule has 0 aliphatic heterocycles. The quantitative estimate of drug-likeness (QED) is 0.728. The van der Waals surface area contributed by atoms with E-state index < -0.39 is 0 Å². The van der Waals surface area contributed by atoms with E-state index in [1.54, 1.807) is 0 Å². The molecular formula is C12H27ClN2O. The van der Waals surface area contributed by atoms with Crippen LogP contribution in [0.25, 0.3) is 0 Å². The largest absolute Gasteiger partial charge is 0.353 e. The third kappa shape index (κ3) is 8.98. The molecule has 0 saturated heterocycles. The first-order valence-corrected chi connectivity index (χ1v) is 5.92. The van der Waals surface area contributed by atoms with Gasteiger partial charge >= 0.3 is 0 Å². The van der Waals surface area contributed by atoms with Crippen LogP contribution in [0.15, 0.2) is 0 Å². The van der Waals surface area contributed by atoms with E-state index in [0.717, 1.165) is 13.0 Å². The summed E-state index contributed by atoms with van der Waals surface area (Å²) in [6.45, 7) is 9.17. The van der Waals surface area contributed by atoms with E-state index in [2.05, 4.69) is 31.4 Å². The zero-order valence-corrected chi connectivity index (χ0v) is 12.0. The van der Waals surface area contributed by atoms with Gasteiger partial charge in [-0.25, -0.2) is 0 Å². The van der Waals surface area contributed by atoms with Gasteiger partial charge in [-0.15, -0.1) is 12.4 Å². The fourth-order valence-corrected chi connectivity index (χ4v) is 1.44. The molecule has 3 nitrogen and oxygen atoms in total. The molecule has 1 amide bonds. The standard InChI is InChI=1S/C12H26N2O.ClH/c1-9(2)6-7-11(4)14-12(15)10(3)8-13-5;/h9-11,13H,6-8H2,1-5H3,(H,14,15);1H. The van der Waals surface area contributed by atoms with Crippen LogP contribution < -0.4 is 10.6 Å². The molecule has 0 aliphatic carbocycles. The van der Waals surface area contributed by atoms with E-state index in [1.807, 2.05) is 14.0 Å². The number of carbonyl (C=O) groups is 1. The van der Waals surface area contributed by atoms with Crippen LogP contribution in [0, 0.1) is 11.8 Å². The molecule has 0 spiro atoms. The lowest BCUT2D eigenvalue weighted by Crippen LogP contribution is -2.39. The molecule has 0 aromatic carbocycles. The van der Waals surface area contributed by atoms with Gasteiger partial charge in [0.2, 0.25) is 5.91 Å². The van der Waals surface area contributed by atoms with Crippen LogP contribution in [-0.2, 0) is 4.79 Å².